The van der Waals surface area contributed by atoms with E-state index in [1.807, 2.05) is 12.1 Å². The van der Waals surface area contributed by atoms with Crippen LogP contribution < -0.4 is 0 Å². The van der Waals surface area contributed by atoms with Crippen LogP contribution in [-0.2, 0) is 11.8 Å². The Morgan fingerprint density at radius 2 is 1.92 bits per heavy atom. The van der Waals surface area contributed by atoms with Gasteiger partial charge in [0.2, 0.25) is 0 Å². The standard InChI is InChI=1S/C19H18Cl2FNO.BrH/c1-23-7-4-11-8-16(22)17(24)10-13(11)18(23)19(5-6-19)14-3-2-12(20)9-15(14)21;/h2-3,8-10,18,24H,4-7H2,1H3;1H. The van der Waals surface area contributed by atoms with E-state index in [0.717, 1.165) is 42.5 Å². The third-order valence-electron chi connectivity index (χ3n) is 5.46. The highest BCUT2D eigenvalue weighted by atomic mass is 79.9. The fraction of sp³-hybridized carbons (Fsp3) is 0.368. The van der Waals surface area contributed by atoms with Crippen LogP contribution in [0.15, 0.2) is 30.3 Å². The molecule has 1 heterocycles. The molecular formula is C19H19BrCl2FNO. The van der Waals surface area contributed by atoms with E-state index in [9.17, 15) is 9.50 Å². The van der Waals surface area contributed by atoms with Gasteiger partial charge in [0.05, 0.1) is 0 Å². The number of aromatic hydroxyl groups is 1. The molecule has 1 atom stereocenters. The van der Waals surface area contributed by atoms with Gasteiger partial charge in [-0.1, -0.05) is 29.3 Å². The summed E-state index contributed by atoms with van der Waals surface area (Å²) in [5, 5.41) is 11.2. The molecule has 0 amide bonds. The zero-order valence-corrected chi connectivity index (χ0v) is 17.0. The van der Waals surface area contributed by atoms with Crippen LogP contribution in [0.25, 0.3) is 0 Å². The third-order valence-corrected chi connectivity index (χ3v) is 6.01. The van der Waals surface area contributed by atoms with Crippen LogP contribution in [0.1, 0.15) is 35.6 Å². The highest BCUT2D eigenvalue weighted by Gasteiger charge is 2.54. The summed E-state index contributed by atoms with van der Waals surface area (Å²) in [6, 6.07) is 8.80. The predicted molar refractivity (Wildman–Crippen MR) is 105 cm³/mol. The molecule has 1 saturated carbocycles. The molecule has 2 aromatic carbocycles. The smallest absolute Gasteiger partial charge is 0.165 e. The molecule has 25 heavy (non-hydrogen) atoms. The average molecular weight is 447 g/mol. The Labute approximate surface area is 167 Å². The summed E-state index contributed by atoms with van der Waals surface area (Å²) in [6.07, 6.45) is 2.81. The quantitative estimate of drug-likeness (QED) is 0.641. The van der Waals surface area contributed by atoms with Gasteiger partial charge in [0.1, 0.15) is 0 Å². The first-order valence-corrected chi connectivity index (χ1v) is 8.85. The molecule has 0 bridgehead atoms. The van der Waals surface area contributed by atoms with Gasteiger partial charge in [0, 0.05) is 28.0 Å². The highest BCUT2D eigenvalue weighted by molar-refractivity contribution is 8.93. The van der Waals surface area contributed by atoms with Gasteiger partial charge in [-0.3, -0.25) is 4.90 Å². The molecule has 2 nitrogen and oxygen atoms in total. The fourth-order valence-corrected chi connectivity index (χ4v) is 4.79. The molecule has 1 aliphatic heterocycles. The number of likely N-dealkylation sites (N-methyl/N-ethyl adjacent to an activating group) is 1. The molecule has 0 saturated heterocycles. The Bertz CT molecular complexity index is 825. The second-order valence-corrected chi connectivity index (χ2v) is 7.76. The summed E-state index contributed by atoms with van der Waals surface area (Å²) >= 11 is 12.5. The normalized spacial score (nSPS) is 21.4. The minimum atomic E-state index is -0.550. The maximum absolute atomic E-state index is 13.8. The Morgan fingerprint density at radius 1 is 1.20 bits per heavy atom. The molecule has 0 radical (unpaired) electrons. The summed E-state index contributed by atoms with van der Waals surface area (Å²) in [4.78, 5) is 2.29. The van der Waals surface area contributed by atoms with Crippen molar-refractivity contribution in [3.05, 3.63) is 62.9 Å². The topological polar surface area (TPSA) is 23.5 Å². The molecule has 1 unspecified atom stereocenters. The Balaban J connectivity index is 0.00000182. The summed E-state index contributed by atoms with van der Waals surface area (Å²) in [7, 11) is 2.08. The fourth-order valence-electron chi connectivity index (χ4n) is 4.19. The molecule has 0 aromatic heterocycles. The number of benzene rings is 2. The van der Waals surface area contributed by atoms with Crippen LogP contribution in [0.5, 0.6) is 5.75 Å². The van der Waals surface area contributed by atoms with E-state index in [2.05, 4.69) is 11.9 Å². The summed E-state index contributed by atoms with van der Waals surface area (Å²) < 4.78 is 13.8. The van der Waals surface area contributed by atoms with Gasteiger partial charge < -0.3 is 5.11 Å². The van der Waals surface area contributed by atoms with Gasteiger partial charge in [-0.15, -0.1) is 17.0 Å². The molecule has 134 valence electrons. The highest BCUT2D eigenvalue weighted by Crippen LogP contribution is 2.61. The van der Waals surface area contributed by atoms with Crippen LogP contribution in [0.3, 0.4) is 0 Å². The lowest BCUT2D eigenvalue weighted by Gasteiger charge is -2.40. The van der Waals surface area contributed by atoms with Crippen LogP contribution in [0.2, 0.25) is 10.0 Å². The van der Waals surface area contributed by atoms with E-state index in [4.69, 9.17) is 23.2 Å². The summed E-state index contributed by atoms with van der Waals surface area (Å²) in [5.41, 5.74) is 2.97. The number of phenolic OH excluding ortho intramolecular Hbond substituents is 1. The van der Waals surface area contributed by atoms with Crippen molar-refractivity contribution < 1.29 is 9.50 Å². The molecule has 4 rings (SSSR count). The van der Waals surface area contributed by atoms with E-state index in [1.165, 1.54) is 6.07 Å². The van der Waals surface area contributed by atoms with Crippen molar-refractivity contribution in [3.8, 4) is 5.75 Å². The minimum absolute atomic E-state index is 0. The predicted octanol–water partition coefficient (Wildman–Crippen LogP) is 5.68. The Morgan fingerprint density at radius 3 is 2.56 bits per heavy atom. The Kier molecular flexibility index (Phi) is 5.11. The van der Waals surface area contributed by atoms with Crippen molar-refractivity contribution in [2.75, 3.05) is 13.6 Å². The zero-order valence-electron chi connectivity index (χ0n) is 13.7. The molecule has 1 N–H and O–H groups in total. The van der Waals surface area contributed by atoms with Crippen molar-refractivity contribution in [2.45, 2.75) is 30.7 Å². The molecule has 6 heteroatoms. The van der Waals surface area contributed by atoms with Gasteiger partial charge in [-0.2, -0.15) is 0 Å². The first-order chi connectivity index (χ1) is 11.4. The van der Waals surface area contributed by atoms with E-state index in [-0.39, 0.29) is 34.2 Å². The first kappa shape index (κ1) is 19.0. The number of halogens is 4. The van der Waals surface area contributed by atoms with E-state index >= 15 is 0 Å². The lowest BCUT2D eigenvalue weighted by Crippen LogP contribution is -2.39. The SMILES string of the molecule is Br.CN1CCc2cc(F)c(O)cc2C1C1(c2ccc(Cl)cc2Cl)CC1. The molecule has 1 aliphatic carbocycles. The van der Waals surface area contributed by atoms with Gasteiger partial charge in [-0.05, 0) is 67.3 Å². The monoisotopic (exact) mass is 445 g/mol. The van der Waals surface area contributed by atoms with Crippen LogP contribution >= 0.6 is 40.2 Å². The van der Waals surface area contributed by atoms with Crippen molar-refractivity contribution in [3.63, 3.8) is 0 Å². The van der Waals surface area contributed by atoms with Gasteiger partial charge in [0.25, 0.3) is 0 Å². The van der Waals surface area contributed by atoms with Gasteiger partial charge in [-0.25, -0.2) is 4.39 Å². The van der Waals surface area contributed by atoms with Crippen molar-refractivity contribution in [2.24, 2.45) is 0 Å². The van der Waals surface area contributed by atoms with Gasteiger partial charge >= 0.3 is 0 Å². The van der Waals surface area contributed by atoms with Gasteiger partial charge in [0.15, 0.2) is 11.6 Å². The van der Waals surface area contributed by atoms with E-state index in [0.29, 0.717) is 10.0 Å². The summed E-state index contributed by atoms with van der Waals surface area (Å²) in [6.45, 7) is 0.856. The van der Waals surface area contributed by atoms with Crippen molar-refractivity contribution >= 4 is 40.2 Å². The van der Waals surface area contributed by atoms with Crippen LogP contribution in [-0.4, -0.2) is 23.6 Å². The number of hydrogen-bond donors (Lipinski definition) is 1. The number of hydrogen-bond acceptors (Lipinski definition) is 2. The molecule has 1 fully saturated rings. The van der Waals surface area contributed by atoms with E-state index in [1.54, 1.807) is 12.1 Å². The molecule has 2 aliphatic rings. The average Bonchev–Trinajstić information content (AvgIpc) is 3.30. The van der Waals surface area contributed by atoms with Crippen molar-refractivity contribution in [1.82, 2.24) is 4.90 Å². The lowest BCUT2D eigenvalue weighted by atomic mass is 9.78. The maximum atomic E-state index is 13.8. The lowest BCUT2D eigenvalue weighted by molar-refractivity contribution is 0.187. The largest absolute Gasteiger partial charge is 0.505 e. The number of nitrogens with zero attached hydrogens (tertiary/aromatic N) is 1. The van der Waals surface area contributed by atoms with Crippen LogP contribution in [0, 0.1) is 5.82 Å². The third kappa shape index (κ3) is 3.08. The number of phenols is 1. The first-order valence-electron chi connectivity index (χ1n) is 8.09. The second-order valence-electron chi connectivity index (χ2n) is 6.92. The number of fused-ring (bicyclic) bond motifs is 1. The van der Waals surface area contributed by atoms with Crippen molar-refractivity contribution in [1.29, 1.82) is 0 Å². The van der Waals surface area contributed by atoms with E-state index < -0.39 is 5.82 Å². The molecule has 0 spiro atoms. The molecule has 2 aromatic rings. The molecular weight excluding hydrogens is 428 g/mol. The maximum Gasteiger partial charge on any atom is 0.165 e. The Hall–Kier alpha value is -0.810. The summed E-state index contributed by atoms with van der Waals surface area (Å²) in [5.74, 6) is -0.835. The minimum Gasteiger partial charge on any atom is -0.505 e. The zero-order chi connectivity index (χ0) is 17.1. The second kappa shape index (κ2) is 6.73. The number of rotatable bonds is 2. The van der Waals surface area contributed by atoms with Crippen LogP contribution in [0.4, 0.5) is 4.39 Å².